The zero-order valence-electron chi connectivity index (χ0n) is 11.2. The minimum Gasteiger partial charge on any atom is -0.496 e. The molecule has 4 nitrogen and oxygen atoms in total. The summed E-state index contributed by atoms with van der Waals surface area (Å²) in [7, 11) is 1.68. The molecule has 1 aromatic heterocycles. The van der Waals surface area contributed by atoms with Crippen LogP contribution in [0.15, 0.2) is 12.3 Å². The van der Waals surface area contributed by atoms with Gasteiger partial charge in [0.1, 0.15) is 18.2 Å². The number of rotatable bonds is 3. The molecule has 0 saturated carbocycles. The lowest BCUT2D eigenvalue weighted by atomic mass is 9.95. The van der Waals surface area contributed by atoms with Crippen LogP contribution in [-0.2, 0) is 6.61 Å². The van der Waals surface area contributed by atoms with Crippen LogP contribution in [-0.4, -0.2) is 22.2 Å². The van der Waals surface area contributed by atoms with Gasteiger partial charge in [-0.1, -0.05) is 0 Å². The third-order valence-electron chi connectivity index (χ3n) is 3.32. The largest absolute Gasteiger partial charge is 0.496 e. The smallest absolute Gasteiger partial charge is 0.132 e. The van der Waals surface area contributed by atoms with E-state index in [4.69, 9.17) is 9.84 Å². The molecule has 4 heteroatoms. The molecule has 2 N–H and O–H groups in total. The summed E-state index contributed by atoms with van der Waals surface area (Å²) in [6.45, 7) is 6.08. The number of nitrogens with zero attached hydrogens (tertiary/aromatic N) is 1. The van der Waals surface area contributed by atoms with Crippen molar-refractivity contribution in [3.63, 3.8) is 0 Å². The van der Waals surface area contributed by atoms with Gasteiger partial charge in [0.2, 0.25) is 0 Å². The highest BCUT2D eigenvalue weighted by molar-refractivity contribution is 5.70. The molecule has 0 bridgehead atoms. The zero-order chi connectivity index (χ0) is 13.3. The molecule has 0 amide bonds. The number of benzene rings is 1. The van der Waals surface area contributed by atoms with Gasteiger partial charge in [0.15, 0.2) is 0 Å². The van der Waals surface area contributed by atoms with Gasteiger partial charge in [-0.3, -0.25) is 0 Å². The van der Waals surface area contributed by atoms with Crippen molar-refractivity contribution in [3.8, 4) is 17.0 Å². The number of aliphatic hydroxyl groups excluding tert-OH is 1. The number of hydrogen-bond donors (Lipinski definition) is 2. The van der Waals surface area contributed by atoms with Crippen LogP contribution in [0.1, 0.15) is 22.5 Å². The average molecular weight is 246 g/mol. The van der Waals surface area contributed by atoms with E-state index in [1.165, 1.54) is 5.56 Å². The second-order valence-electron chi connectivity index (χ2n) is 4.42. The van der Waals surface area contributed by atoms with E-state index in [0.717, 1.165) is 28.1 Å². The summed E-state index contributed by atoms with van der Waals surface area (Å²) < 4.78 is 5.36. The molecule has 0 atom stereocenters. The maximum Gasteiger partial charge on any atom is 0.132 e. The number of aryl methyl sites for hydroxylation is 1. The first kappa shape index (κ1) is 12.6. The predicted molar refractivity (Wildman–Crippen MR) is 70.7 cm³/mol. The second kappa shape index (κ2) is 4.82. The predicted octanol–water partition coefficient (Wildman–Crippen LogP) is 2.50. The van der Waals surface area contributed by atoms with Gasteiger partial charge < -0.3 is 14.8 Å². The van der Waals surface area contributed by atoms with Crippen molar-refractivity contribution in [1.29, 1.82) is 0 Å². The first-order valence-corrected chi connectivity index (χ1v) is 5.88. The van der Waals surface area contributed by atoms with Gasteiger partial charge in [-0.25, -0.2) is 4.98 Å². The fraction of sp³-hybridized carbons (Fsp3) is 0.357. The summed E-state index contributed by atoms with van der Waals surface area (Å²) in [4.78, 5) is 7.25. The number of nitrogens with one attached hydrogen (secondary N) is 1. The van der Waals surface area contributed by atoms with Crippen LogP contribution in [0.2, 0.25) is 0 Å². The van der Waals surface area contributed by atoms with Crippen molar-refractivity contribution >= 4 is 0 Å². The van der Waals surface area contributed by atoms with Crippen molar-refractivity contribution in [2.24, 2.45) is 0 Å². The van der Waals surface area contributed by atoms with Crippen molar-refractivity contribution in [1.82, 2.24) is 9.97 Å². The summed E-state index contributed by atoms with van der Waals surface area (Å²) in [5, 5.41) is 9.06. The molecule has 0 fully saturated rings. The summed E-state index contributed by atoms with van der Waals surface area (Å²) in [5.41, 5.74) is 5.47. The van der Waals surface area contributed by atoms with Gasteiger partial charge in [-0.2, -0.15) is 0 Å². The van der Waals surface area contributed by atoms with Crippen molar-refractivity contribution < 1.29 is 9.84 Å². The second-order valence-corrected chi connectivity index (χ2v) is 4.42. The Labute approximate surface area is 107 Å². The molecule has 0 spiro atoms. The number of hydrogen-bond acceptors (Lipinski definition) is 3. The van der Waals surface area contributed by atoms with Crippen LogP contribution in [0, 0.1) is 20.8 Å². The maximum atomic E-state index is 9.06. The lowest BCUT2D eigenvalue weighted by Gasteiger charge is -2.14. The molecule has 2 rings (SSSR count). The highest BCUT2D eigenvalue weighted by Crippen LogP contribution is 2.33. The van der Waals surface area contributed by atoms with Gasteiger partial charge in [0, 0.05) is 5.56 Å². The zero-order valence-corrected chi connectivity index (χ0v) is 11.2. The van der Waals surface area contributed by atoms with Crippen LogP contribution >= 0.6 is 0 Å². The monoisotopic (exact) mass is 246 g/mol. The van der Waals surface area contributed by atoms with Gasteiger partial charge in [-0.15, -0.1) is 0 Å². The first-order valence-electron chi connectivity index (χ1n) is 5.88. The van der Waals surface area contributed by atoms with Crippen molar-refractivity contribution in [2.45, 2.75) is 27.4 Å². The molecule has 0 aliphatic heterocycles. The molecule has 96 valence electrons. The first-order chi connectivity index (χ1) is 8.58. The number of methoxy groups -OCH3 is 1. The Balaban J connectivity index is 2.60. The quantitative estimate of drug-likeness (QED) is 0.874. The van der Waals surface area contributed by atoms with E-state index in [-0.39, 0.29) is 6.61 Å². The van der Waals surface area contributed by atoms with Gasteiger partial charge in [0.05, 0.1) is 19.0 Å². The van der Waals surface area contributed by atoms with E-state index >= 15 is 0 Å². The van der Waals surface area contributed by atoms with Crippen LogP contribution in [0.4, 0.5) is 0 Å². The summed E-state index contributed by atoms with van der Waals surface area (Å²) in [6.07, 6.45) is 1.76. The molecule has 1 aromatic carbocycles. The van der Waals surface area contributed by atoms with E-state index in [0.29, 0.717) is 5.82 Å². The SMILES string of the molecule is COc1cc(C)c(-c2cnc(CO)[nH]2)c(C)c1C. The third kappa shape index (κ3) is 1.99. The fourth-order valence-electron chi connectivity index (χ4n) is 2.24. The maximum absolute atomic E-state index is 9.06. The van der Waals surface area contributed by atoms with E-state index < -0.39 is 0 Å². The van der Waals surface area contributed by atoms with E-state index in [1.807, 2.05) is 19.9 Å². The molecule has 0 aliphatic rings. The minimum absolute atomic E-state index is 0.0762. The van der Waals surface area contributed by atoms with Crippen molar-refractivity contribution in [2.75, 3.05) is 7.11 Å². The summed E-state index contributed by atoms with van der Waals surface area (Å²) in [6, 6.07) is 2.02. The Hall–Kier alpha value is -1.81. The molecular formula is C14H18N2O2. The standard InChI is InChI=1S/C14H18N2O2/c1-8-5-12(18-4)9(2)10(3)14(8)11-6-15-13(7-17)16-11/h5-6,17H,7H2,1-4H3,(H,15,16). The number of aliphatic hydroxyl groups is 1. The third-order valence-corrected chi connectivity index (χ3v) is 3.32. The molecule has 0 unspecified atom stereocenters. The lowest BCUT2D eigenvalue weighted by molar-refractivity contribution is 0.272. The molecule has 0 aliphatic carbocycles. The Bertz CT molecular complexity index is 573. The van der Waals surface area contributed by atoms with Crippen LogP contribution < -0.4 is 4.74 Å². The van der Waals surface area contributed by atoms with Crippen LogP contribution in [0.5, 0.6) is 5.75 Å². The molecule has 2 aromatic rings. The number of ether oxygens (including phenoxy) is 1. The van der Waals surface area contributed by atoms with E-state index in [9.17, 15) is 0 Å². The Morgan fingerprint density at radius 2 is 2.00 bits per heavy atom. The number of H-pyrrole nitrogens is 1. The number of imidazole rings is 1. The van der Waals surface area contributed by atoms with Gasteiger partial charge >= 0.3 is 0 Å². The Morgan fingerprint density at radius 3 is 2.56 bits per heavy atom. The highest BCUT2D eigenvalue weighted by Gasteiger charge is 2.14. The Morgan fingerprint density at radius 1 is 1.28 bits per heavy atom. The van der Waals surface area contributed by atoms with Crippen molar-refractivity contribution in [3.05, 3.63) is 34.8 Å². The average Bonchev–Trinajstić information content (AvgIpc) is 2.82. The molecule has 0 radical (unpaired) electrons. The van der Waals surface area contributed by atoms with Gasteiger partial charge in [-0.05, 0) is 43.5 Å². The molecule has 1 heterocycles. The van der Waals surface area contributed by atoms with E-state index in [1.54, 1.807) is 13.3 Å². The Kier molecular flexibility index (Phi) is 3.39. The van der Waals surface area contributed by atoms with Crippen LogP contribution in [0.25, 0.3) is 11.3 Å². The summed E-state index contributed by atoms with van der Waals surface area (Å²) in [5.74, 6) is 1.48. The molecule has 0 saturated heterocycles. The normalized spacial score (nSPS) is 10.7. The number of aromatic nitrogens is 2. The number of aromatic amines is 1. The molecular weight excluding hydrogens is 228 g/mol. The van der Waals surface area contributed by atoms with E-state index in [2.05, 4.69) is 16.9 Å². The fourth-order valence-corrected chi connectivity index (χ4v) is 2.24. The molecule has 18 heavy (non-hydrogen) atoms. The van der Waals surface area contributed by atoms with Crippen LogP contribution in [0.3, 0.4) is 0 Å². The van der Waals surface area contributed by atoms with Gasteiger partial charge in [0.25, 0.3) is 0 Å². The topological polar surface area (TPSA) is 58.1 Å². The summed E-state index contributed by atoms with van der Waals surface area (Å²) >= 11 is 0. The minimum atomic E-state index is -0.0762. The highest BCUT2D eigenvalue weighted by atomic mass is 16.5. The lowest BCUT2D eigenvalue weighted by Crippen LogP contribution is -1.96.